The topological polar surface area (TPSA) is 124 Å². The molecule has 0 heterocycles. The number of phenols is 4. The van der Waals surface area contributed by atoms with Gasteiger partial charge in [-0.05, 0) is 84.6 Å². The number of ether oxygens (including phenoxy) is 2. The van der Waals surface area contributed by atoms with Crippen LogP contribution in [0.1, 0.15) is 153 Å². The van der Waals surface area contributed by atoms with E-state index in [0.29, 0.717) is 47.2 Å². The van der Waals surface area contributed by atoms with Gasteiger partial charge in [0.15, 0.2) is 0 Å². The molecule has 0 saturated heterocycles. The van der Waals surface area contributed by atoms with E-state index in [-0.39, 0.29) is 23.0 Å². The molecule has 4 N–H and O–H groups in total. The summed E-state index contributed by atoms with van der Waals surface area (Å²) in [5.41, 5.74) is 5.03. The molecule has 0 unspecified atom stereocenters. The average Bonchev–Trinajstić information content (AvgIpc) is 3.30. The van der Waals surface area contributed by atoms with Gasteiger partial charge in [0, 0.05) is 34.7 Å². The smallest absolute Gasteiger partial charge is 0.141 e. The van der Waals surface area contributed by atoms with E-state index in [4.69, 9.17) is 9.47 Å². The molecule has 0 radical (unpaired) electrons. The summed E-state index contributed by atoms with van der Waals surface area (Å²) in [5, 5.41) is 42.6. The van der Waals surface area contributed by atoms with Crippen molar-refractivity contribution in [2.75, 3.05) is 13.2 Å². The Hall–Kier alpha value is -5.76. The van der Waals surface area contributed by atoms with Gasteiger partial charge in [0.05, 0.1) is 13.2 Å². The van der Waals surface area contributed by atoms with Gasteiger partial charge in [-0.25, -0.2) is 0 Å². The van der Waals surface area contributed by atoms with Gasteiger partial charge in [-0.2, -0.15) is 0 Å². The molecule has 0 amide bonds. The highest BCUT2D eigenvalue weighted by Gasteiger charge is 2.18. The van der Waals surface area contributed by atoms with E-state index in [1.165, 1.54) is 103 Å². The zero-order valence-electron chi connectivity index (χ0n) is 38.4. The molecule has 8 nitrogen and oxygen atoms in total. The predicted molar refractivity (Wildman–Crippen MR) is 266 cm³/mol. The molecule has 0 bridgehead atoms. The molecule has 5 aromatic rings. The number of rotatable bonds is 30. The van der Waals surface area contributed by atoms with Gasteiger partial charge < -0.3 is 29.9 Å². The van der Waals surface area contributed by atoms with Crippen LogP contribution in [0, 0.1) is 0 Å². The molecule has 0 aliphatic carbocycles. The third-order valence-electron chi connectivity index (χ3n) is 11.7. The van der Waals surface area contributed by atoms with E-state index in [1.807, 2.05) is 36.4 Å². The minimum atomic E-state index is 0.0544. The fraction of sp³-hybridized carbons (Fsp3) is 0.429. The highest BCUT2D eigenvalue weighted by Crippen LogP contribution is 2.43. The first-order valence-corrected chi connectivity index (χ1v) is 24.1. The lowest BCUT2D eigenvalue weighted by atomic mass is 9.95. The number of aliphatic imine (C=N–C) groups is 2. The number of aromatic hydroxyl groups is 4. The number of benzene rings is 5. The van der Waals surface area contributed by atoms with E-state index in [2.05, 4.69) is 23.8 Å². The summed E-state index contributed by atoms with van der Waals surface area (Å²) in [6.45, 7) is 5.58. The largest absolute Gasteiger partial charge is 0.507 e. The van der Waals surface area contributed by atoms with Crippen LogP contribution in [0.2, 0.25) is 0 Å². The Bertz CT molecular complexity index is 2040. The maximum Gasteiger partial charge on any atom is 0.141 e. The van der Waals surface area contributed by atoms with Gasteiger partial charge >= 0.3 is 0 Å². The van der Waals surface area contributed by atoms with E-state index in [9.17, 15) is 20.4 Å². The fourth-order valence-corrected chi connectivity index (χ4v) is 7.87. The second-order valence-electron chi connectivity index (χ2n) is 16.9. The Balaban J connectivity index is 1.44. The lowest BCUT2D eigenvalue weighted by Gasteiger charge is -2.19. The zero-order chi connectivity index (χ0) is 45.2. The Morgan fingerprint density at radius 2 is 0.734 bits per heavy atom. The van der Waals surface area contributed by atoms with Crippen LogP contribution in [-0.2, 0) is 0 Å². The second kappa shape index (κ2) is 28.1. The Kier molecular flexibility index (Phi) is 21.6. The number of phenolic OH excluding ortho intramolecular Hbond substituents is 4. The lowest BCUT2D eigenvalue weighted by Crippen LogP contribution is -2.03. The number of hydrogen-bond donors (Lipinski definition) is 4. The third kappa shape index (κ3) is 16.4. The fourth-order valence-electron chi connectivity index (χ4n) is 7.87. The van der Waals surface area contributed by atoms with Crippen molar-refractivity contribution in [1.82, 2.24) is 0 Å². The molecule has 0 atom stereocenters. The molecule has 8 heteroatoms. The van der Waals surface area contributed by atoms with Crippen molar-refractivity contribution in [2.24, 2.45) is 9.98 Å². The minimum absolute atomic E-state index is 0.0544. The molecule has 0 spiro atoms. The minimum Gasteiger partial charge on any atom is -0.507 e. The molecular formula is C56H72N2O6. The molecule has 5 aromatic carbocycles. The maximum absolute atomic E-state index is 11.0. The number of hydrogen-bond acceptors (Lipinski definition) is 8. The number of nitrogens with zero attached hydrogens (tertiary/aromatic N) is 2. The summed E-state index contributed by atoms with van der Waals surface area (Å²) in [6.07, 6.45) is 27.6. The van der Waals surface area contributed by atoms with Crippen LogP contribution in [0.5, 0.6) is 34.5 Å². The van der Waals surface area contributed by atoms with Crippen LogP contribution in [0.15, 0.2) is 107 Å². The second-order valence-corrected chi connectivity index (χ2v) is 16.9. The Morgan fingerprint density at radius 1 is 0.391 bits per heavy atom. The van der Waals surface area contributed by atoms with Gasteiger partial charge in [0.1, 0.15) is 45.9 Å². The van der Waals surface area contributed by atoms with Crippen molar-refractivity contribution in [3.05, 3.63) is 108 Å². The summed E-state index contributed by atoms with van der Waals surface area (Å²) >= 11 is 0. The van der Waals surface area contributed by atoms with Gasteiger partial charge in [0.2, 0.25) is 0 Å². The van der Waals surface area contributed by atoms with Crippen LogP contribution >= 0.6 is 0 Å². The number of para-hydroxylation sites is 4. The quantitative estimate of drug-likeness (QED) is 0.0269. The zero-order valence-corrected chi connectivity index (χ0v) is 38.4. The SMILES string of the molecule is CCCCCCCCCCCCOc1cc(-c2ccc(O)c(C=Nc3ccccc3O)c2)c(OCCCCCCCCCCCC)cc1-c1ccc(O)c(C=Nc2ccccc2O)c1. The van der Waals surface area contributed by atoms with Gasteiger partial charge in [-0.1, -0.05) is 166 Å². The van der Waals surface area contributed by atoms with Crippen LogP contribution in [0.4, 0.5) is 11.4 Å². The normalized spacial score (nSPS) is 11.5. The molecule has 0 aliphatic rings. The van der Waals surface area contributed by atoms with Crippen molar-refractivity contribution in [1.29, 1.82) is 0 Å². The summed E-state index contributed by atoms with van der Waals surface area (Å²) < 4.78 is 13.4. The summed E-state index contributed by atoms with van der Waals surface area (Å²) in [4.78, 5) is 8.97. The van der Waals surface area contributed by atoms with Crippen LogP contribution in [-0.4, -0.2) is 46.1 Å². The van der Waals surface area contributed by atoms with Gasteiger partial charge in [-0.15, -0.1) is 0 Å². The maximum atomic E-state index is 11.0. The highest BCUT2D eigenvalue weighted by atomic mass is 16.5. The van der Waals surface area contributed by atoms with E-state index >= 15 is 0 Å². The predicted octanol–water partition coefficient (Wildman–Crippen LogP) is 15.9. The van der Waals surface area contributed by atoms with Gasteiger partial charge in [-0.3, -0.25) is 9.98 Å². The molecule has 64 heavy (non-hydrogen) atoms. The van der Waals surface area contributed by atoms with E-state index in [0.717, 1.165) is 47.9 Å². The van der Waals surface area contributed by atoms with Crippen molar-refractivity contribution < 1.29 is 29.9 Å². The molecule has 0 aliphatic heterocycles. The van der Waals surface area contributed by atoms with Crippen molar-refractivity contribution in [3.8, 4) is 56.8 Å². The van der Waals surface area contributed by atoms with E-state index < -0.39 is 0 Å². The van der Waals surface area contributed by atoms with Crippen molar-refractivity contribution in [2.45, 2.75) is 142 Å². The summed E-state index contributed by atoms with van der Waals surface area (Å²) in [6, 6.07) is 28.5. The standard InChI is InChI=1S/C56H72N2O6/c1-3-5-7-9-11-13-15-17-19-25-35-63-55-39-48(44-32-34-52(60)46(38-44)42-58-50-28-22-24-30-54(50)62)56(64-36-26-20-18-16-14-12-10-8-6-4-2)40-47(55)43-31-33-51(59)45(37-43)41-57-49-27-21-23-29-53(49)61/h21-24,27-34,37-42,59-62H,3-20,25-26,35-36H2,1-2H3. The molecule has 5 rings (SSSR count). The summed E-state index contributed by atoms with van der Waals surface area (Å²) in [5.74, 6) is 1.57. The van der Waals surface area contributed by atoms with Crippen molar-refractivity contribution in [3.63, 3.8) is 0 Å². The van der Waals surface area contributed by atoms with Crippen LogP contribution in [0.25, 0.3) is 22.3 Å². The monoisotopic (exact) mass is 869 g/mol. The highest BCUT2D eigenvalue weighted by molar-refractivity contribution is 5.91. The van der Waals surface area contributed by atoms with E-state index in [1.54, 1.807) is 73.1 Å². The third-order valence-corrected chi connectivity index (χ3v) is 11.7. The molecule has 342 valence electrons. The van der Waals surface area contributed by atoms with Crippen LogP contribution in [0.3, 0.4) is 0 Å². The average molecular weight is 869 g/mol. The van der Waals surface area contributed by atoms with Crippen LogP contribution < -0.4 is 9.47 Å². The Morgan fingerprint density at radius 3 is 1.09 bits per heavy atom. The number of unbranched alkanes of at least 4 members (excludes halogenated alkanes) is 18. The molecular weight excluding hydrogens is 797 g/mol. The first-order valence-electron chi connectivity index (χ1n) is 24.1. The first kappa shape index (κ1) is 49.3. The molecule has 0 saturated carbocycles. The lowest BCUT2D eigenvalue weighted by molar-refractivity contribution is 0.298. The molecule has 0 aromatic heterocycles. The van der Waals surface area contributed by atoms with Crippen molar-refractivity contribution >= 4 is 23.8 Å². The summed E-state index contributed by atoms with van der Waals surface area (Å²) in [7, 11) is 0. The first-order chi connectivity index (χ1) is 31.4. The van der Waals surface area contributed by atoms with Gasteiger partial charge in [0.25, 0.3) is 0 Å². The molecule has 0 fully saturated rings. The Labute approximate surface area is 382 Å².